The summed E-state index contributed by atoms with van der Waals surface area (Å²) in [4.78, 5) is 0. The standard InChI is InChI=1S/C15H20N2O/c1-10-6-5-7-14(12(10)3)15(18)9-13-8-11(2)16-17(13)4/h5-8,15,18H,9H2,1-4H3. The molecule has 0 amide bonds. The van der Waals surface area contributed by atoms with E-state index in [0.29, 0.717) is 6.42 Å². The van der Waals surface area contributed by atoms with Crippen molar-refractivity contribution in [2.24, 2.45) is 7.05 Å². The predicted octanol–water partition coefficient (Wildman–Crippen LogP) is 2.62. The van der Waals surface area contributed by atoms with Gasteiger partial charge in [-0.05, 0) is 43.5 Å². The van der Waals surface area contributed by atoms with E-state index >= 15 is 0 Å². The zero-order valence-electron chi connectivity index (χ0n) is 11.4. The molecule has 96 valence electrons. The van der Waals surface area contributed by atoms with Gasteiger partial charge in [0.25, 0.3) is 0 Å². The third-order valence-corrected chi connectivity index (χ3v) is 3.51. The fourth-order valence-electron chi connectivity index (χ4n) is 2.30. The van der Waals surface area contributed by atoms with Gasteiger partial charge in [-0.2, -0.15) is 5.10 Å². The SMILES string of the molecule is Cc1cc(CC(O)c2cccc(C)c2C)n(C)n1. The van der Waals surface area contributed by atoms with Crippen LogP contribution in [-0.2, 0) is 13.5 Å². The molecule has 18 heavy (non-hydrogen) atoms. The summed E-state index contributed by atoms with van der Waals surface area (Å²) in [5, 5.41) is 14.7. The van der Waals surface area contributed by atoms with E-state index in [1.807, 2.05) is 36.9 Å². The minimum atomic E-state index is -0.473. The molecule has 0 aliphatic heterocycles. The van der Waals surface area contributed by atoms with Crippen LogP contribution in [0.25, 0.3) is 0 Å². The molecule has 1 aromatic heterocycles. The summed E-state index contributed by atoms with van der Waals surface area (Å²) in [6, 6.07) is 8.08. The van der Waals surface area contributed by atoms with Crippen LogP contribution in [-0.4, -0.2) is 14.9 Å². The lowest BCUT2D eigenvalue weighted by atomic mass is 9.96. The molecule has 0 saturated heterocycles. The molecule has 0 radical (unpaired) electrons. The first-order valence-electron chi connectivity index (χ1n) is 6.22. The van der Waals surface area contributed by atoms with Gasteiger partial charge in [-0.15, -0.1) is 0 Å². The van der Waals surface area contributed by atoms with Crippen LogP contribution in [0.15, 0.2) is 24.3 Å². The van der Waals surface area contributed by atoms with Gasteiger partial charge in [0.1, 0.15) is 0 Å². The van der Waals surface area contributed by atoms with Gasteiger partial charge in [-0.25, -0.2) is 0 Å². The van der Waals surface area contributed by atoms with Crippen molar-refractivity contribution in [1.82, 2.24) is 9.78 Å². The third-order valence-electron chi connectivity index (χ3n) is 3.51. The smallest absolute Gasteiger partial charge is 0.0847 e. The van der Waals surface area contributed by atoms with Gasteiger partial charge in [0.15, 0.2) is 0 Å². The van der Waals surface area contributed by atoms with Crippen molar-refractivity contribution < 1.29 is 5.11 Å². The largest absolute Gasteiger partial charge is 0.388 e. The Morgan fingerprint density at radius 1 is 1.28 bits per heavy atom. The summed E-state index contributed by atoms with van der Waals surface area (Å²) in [7, 11) is 1.91. The number of hydrogen-bond donors (Lipinski definition) is 1. The van der Waals surface area contributed by atoms with Crippen LogP contribution in [0.2, 0.25) is 0 Å². The molecule has 1 atom stereocenters. The van der Waals surface area contributed by atoms with Crippen molar-refractivity contribution in [3.05, 3.63) is 52.3 Å². The number of benzene rings is 1. The quantitative estimate of drug-likeness (QED) is 0.901. The maximum absolute atomic E-state index is 10.4. The summed E-state index contributed by atoms with van der Waals surface area (Å²) >= 11 is 0. The molecule has 1 unspecified atom stereocenters. The van der Waals surface area contributed by atoms with E-state index in [9.17, 15) is 5.11 Å². The second-order valence-electron chi connectivity index (χ2n) is 4.91. The highest BCUT2D eigenvalue weighted by Crippen LogP contribution is 2.23. The summed E-state index contributed by atoms with van der Waals surface area (Å²) in [5.41, 5.74) is 5.44. The molecule has 0 aliphatic rings. The number of rotatable bonds is 3. The van der Waals surface area contributed by atoms with Gasteiger partial charge in [-0.1, -0.05) is 18.2 Å². The predicted molar refractivity (Wildman–Crippen MR) is 72.5 cm³/mol. The van der Waals surface area contributed by atoms with Gasteiger partial charge < -0.3 is 5.11 Å². The number of aliphatic hydroxyl groups excluding tert-OH is 1. The molecule has 0 saturated carbocycles. The summed E-state index contributed by atoms with van der Waals surface area (Å²) in [5.74, 6) is 0. The Labute approximate surface area is 108 Å². The Balaban J connectivity index is 2.24. The Hall–Kier alpha value is -1.61. The lowest BCUT2D eigenvalue weighted by Gasteiger charge is -2.15. The molecule has 1 aromatic carbocycles. The van der Waals surface area contributed by atoms with Gasteiger partial charge in [0.2, 0.25) is 0 Å². The first kappa shape index (κ1) is 12.8. The molecule has 0 aliphatic carbocycles. The van der Waals surface area contributed by atoms with Gasteiger partial charge in [-0.3, -0.25) is 4.68 Å². The molecule has 1 heterocycles. The van der Waals surface area contributed by atoms with Crippen molar-refractivity contribution in [3.63, 3.8) is 0 Å². The molecule has 3 heteroatoms. The first-order chi connectivity index (χ1) is 8.49. The van der Waals surface area contributed by atoms with Crippen LogP contribution in [0.5, 0.6) is 0 Å². The van der Waals surface area contributed by atoms with E-state index < -0.39 is 6.10 Å². The van der Waals surface area contributed by atoms with Gasteiger partial charge in [0.05, 0.1) is 11.8 Å². The molecule has 2 aromatic rings. The Kier molecular flexibility index (Phi) is 3.53. The molecule has 3 nitrogen and oxygen atoms in total. The fraction of sp³-hybridized carbons (Fsp3) is 0.400. The van der Waals surface area contributed by atoms with Crippen molar-refractivity contribution in [2.45, 2.75) is 33.3 Å². The number of hydrogen-bond acceptors (Lipinski definition) is 2. The third kappa shape index (κ3) is 2.46. The Morgan fingerprint density at radius 3 is 2.61 bits per heavy atom. The summed E-state index contributed by atoms with van der Waals surface area (Å²) < 4.78 is 1.84. The Morgan fingerprint density at radius 2 is 2.00 bits per heavy atom. The van der Waals surface area contributed by atoms with Crippen LogP contribution in [0, 0.1) is 20.8 Å². The van der Waals surface area contributed by atoms with Crippen LogP contribution < -0.4 is 0 Å². The normalized spacial score (nSPS) is 12.7. The first-order valence-corrected chi connectivity index (χ1v) is 6.22. The molecular weight excluding hydrogens is 224 g/mol. The molecular formula is C15H20N2O. The van der Waals surface area contributed by atoms with Crippen molar-refractivity contribution in [1.29, 1.82) is 0 Å². The average molecular weight is 244 g/mol. The molecule has 2 rings (SSSR count). The van der Waals surface area contributed by atoms with Crippen LogP contribution >= 0.6 is 0 Å². The van der Waals surface area contributed by atoms with E-state index in [-0.39, 0.29) is 0 Å². The van der Waals surface area contributed by atoms with Crippen LogP contribution in [0.1, 0.15) is 34.2 Å². The lowest BCUT2D eigenvalue weighted by molar-refractivity contribution is 0.175. The minimum absolute atomic E-state index is 0.473. The zero-order valence-corrected chi connectivity index (χ0v) is 11.4. The second-order valence-corrected chi connectivity index (χ2v) is 4.91. The lowest BCUT2D eigenvalue weighted by Crippen LogP contribution is -2.08. The number of aliphatic hydroxyl groups is 1. The van der Waals surface area contributed by atoms with E-state index in [1.54, 1.807) is 0 Å². The van der Waals surface area contributed by atoms with Gasteiger partial charge >= 0.3 is 0 Å². The number of aryl methyl sites for hydroxylation is 3. The van der Waals surface area contributed by atoms with E-state index in [2.05, 4.69) is 25.0 Å². The summed E-state index contributed by atoms with van der Waals surface area (Å²) in [6.45, 7) is 6.09. The highest BCUT2D eigenvalue weighted by Gasteiger charge is 2.14. The van der Waals surface area contributed by atoms with E-state index in [1.165, 1.54) is 11.1 Å². The van der Waals surface area contributed by atoms with Crippen LogP contribution in [0.3, 0.4) is 0 Å². The maximum Gasteiger partial charge on any atom is 0.0847 e. The van der Waals surface area contributed by atoms with E-state index in [4.69, 9.17) is 0 Å². The van der Waals surface area contributed by atoms with Gasteiger partial charge in [0, 0.05) is 19.2 Å². The fourth-order valence-corrected chi connectivity index (χ4v) is 2.30. The topological polar surface area (TPSA) is 38.0 Å². The second kappa shape index (κ2) is 4.94. The average Bonchev–Trinajstić information content (AvgIpc) is 2.61. The Bertz CT molecular complexity index is 558. The van der Waals surface area contributed by atoms with E-state index in [0.717, 1.165) is 17.0 Å². The maximum atomic E-state index is 10.4. The molecule has 1 N–H and O–H groups in total. The zero-order chi connectivity index (χ0) is 13.3. The van der Waals surface area contributed by atoms with Crippen molar-refractivity contribution in [3.8, 4) is 0 Å². The number of nitrogens with zero attached hydrogens (tertiary/aromatic N) is 2. The highest BCUT2D eigenvalue weighted by molar-refractivity contribution is 5.35. The van der Waals surface area contributed by atoms with Crippen molar-refractivity contribution >= 4 is 0 Å². The number of aromatic nitrogens is 2. The van der Waals surface area contributed by atoms with Crippen molar-refractivity contribution in [2.75, 3.05) is 0 Å². The van der Waals surface area contributed by atoms with Crippen LogP contribution in [0.4, 0.5) is 0 Å². The molecule has 0 spiro atoms. The monoisotopic (exact) mass is 244 g/mol. The molecule has 0 bridgehead atoms. The summed E-state index contributed by atoms with van der Waals surface area (Å²) in [6.07, 6.45) is 0.126. The minimum Gasteiger partial charge on any atom is -0.388 e. The molecule has 0 fully saturated rings. The highest BCUT2D eigenvalue weighted by atomic mass is 16.3.